The normalized spacial score (nSPS) is 13.4. The number of aliphatic carboxylic acids is 1. The molecular weight excluding hydrogens is 519 g/mol. The number of ether oxygens (including phenoxy) is 1. The maximum Gasteiger partial charge on any atom is 0.304 e. The van der Waals surface area contributed by atoms with Gasteiger partial charge in [0, 0.05) is 31.4 Å². The maximum absolute atomic E-state index is 15.4. The Bertz CT molecular complexity index is 1510. The van der Waals surface area contributed by atoms with Crippen LogP contribution in [0.2, 0.25) is 0 Å². The highest BCUT2D eigenvalue weighted by Crippen LogP contribution is 2.39. The molecule has 0 saturated carbocycles. The van der Waals surface area contributed by atoms with Crippen LogP contribution < -0.4 is 14.5 Å². The number of hydrogen-bond acceptors (Lipinski definition) is 7. The molecule has 0 aliphatic carbocycles. The molecule has 2 aromatic heterocycles. The average molecular weight is 547 g/mol. The van der Waals surface area contributed by atoms with Gasteiger partial charge in [-0.05, 0) is 23.6 Å². The molecule has 1 unspecified atom stereocenters. The van der Waals surface area contributed by atoms with Gasteiger partial charge in [0.1, 0.15) is 12.3 Å². The molecule has 0 saturated heterocycles. The molecule has 0 radical (unpaired) electrons. The molecule has 5 rings (SSSR count). The van der Waals surface area contributed by atoms with Crippen molar-refractivity contribution in [2.24, 2.45) is 5.92 Å². The zero-order chi connectivity index (χ0) is 27.5. The molecule has 1 aliphatic heterocycles. The summed E-state index contributed by atoms with van der Waals surface area (Å²) < 4.78 is 21.2. The minimum Gasteiger partial charge on any atom is -0.488 e. The number of pyridine rings is 1. The van der Waals surface area contributed by atoms with Gasteiger partial charge in [-0.3, -0.25) is 14.5 Å². The number of hydrogen-bond donors (Lipinski definition) is 1. The van der Waals surface area contributed by atoms with E-state index in [0.29, 0.717) is 17.9 Å². The first kappa shape index (κ1) is 26.3. The van der Waals surface area contributed by atoms with Crippen molar-refractivity contribution in [3.63, 3.8) is 0 Å². The minimum absolute atomic E-state index is 0.110. The number of amides is 1. The standard InChI is InChI=1S/C29H27FN4O4S/c1-33-12-13-38-23-15-20(17-31-27(23)33)21-10-6-7-11-22(21)25-26(30)39-29(32-25)34(2)28(37)19(16-24(35)36)14-18-8-4-3-5-9-18/h3-11,15,17,19H,12-14,16H2,1-2H3,(H,35,36). The van der Waals surface area contributed by atoms with Crippen LogP contribution in [0, 0.1) is 11.0 Å². The molecule has 4 aromatic rings. The number of carboxylic acid groups (broad SMARTS) is 1. The van der Waals surface area contributed by atoms with Gasteiger partial charge in [0.05, 0.1) is 18.9 Å². The lowest BCUT2D eigenvalue weighted by Gasteiger charge is -2.26. The molecule has 0 bridgehead atoms. The van der Waals surface area contributed by atoms with Crippen LogP contribution in [-0.2, 0) is 16.0 Å². The molecule has 39 heavy (non-hydrogen) atoms. The number of rotatable bonds is 8. The molecule has 10 heteroatoms. The first-order valence-electron chi connectivity index (χ1n) is 12.4. The first-order chi connectivity index (χ1) is 18.8. The first-order valence-corrected chi connectivity index (χ1v) is 13.3. The number of halogens is 1. The van der Waals surface area contributed by atoms with Crippen LogP contribution in [0.3, 0.4) is 0 Å². The highest BCUT2D eigenvalue weighted by Gasteiger charge is 2.29. The van der Waals surface area contributed by atoms with E-state index in [1.54, 1.807) is 18.3 Å². The van der Waals surface area contributed by atoms with Crippen molar-refractivity contribution in [2.45, 2.75) is 12.8 Å². The zero-order valence-electron chi connectivity index (χ0n) is 21.5. The highest BCUT2D eigenvalue weighted by molar-refractivity contribution is 7.14. The fourth-order valence-corrected chi connectivity index (χ4v) is 5.42. The van der Waals surface area contributed by atoms with E-state index in [1.807, 2.05) is 60.5 Å². The average Bonchev–Trinajstić information content (AvgIpc) is 3.33. The number of carboxylic acids is 1. The van der Waals surface area contributed by atoms with E-state index >= 15 is 4.39 Å². The fourth-order valence-electron chi connectivity index (χ4n) is 4.64. The van der Waals surface area contributed by atoms with Crippen LogP contribution in [0.5, 0.6) is 5.75 Å². The summed E-state index contributed by atoms with van der Waals surface area (Å²) in [5, 5.41) is 9.03. The Labute approximate surface area is 229 Å². The Morgan fingerprint density at radius 2 is 1.87 bits per heavy atom. The Morgan fingerprint density at radius 3 is 2.62 bits per heavy atom. The lowest BCUT2D eigenvalue weighted by atomic mass is 9.95. The highest BCUT2D eigenvalue weighted by atomic mass is 32.1. The summed E-state index contributed by atoms with van der Waals surface area (Å²) in [7, 11) is 3.45. The van der Waals surface area contributed by atoms with Crippen LogP contribution >= 0.6 is 11.3 Å². The van der Waals surface area contributed by atoms with Crippen LogP contribution in [0.15, 0.2) is 66.9 Å². The van der Waals surface area contributed by atoms with Gasteiger partial charge in [0.2, 0.25) is 11.0 Å². The van der Waals surface area contributed by atoms with Gasteiger partial charge in [-0.2, -0.15) is 4.39 Å². The van der Waals surface area contributed by atoms with E-state index < -0.39 is 22.9 Å². The number of benzene rings is 2. The number of anilines is 2. The summed E-state index contributed by atoms with van der Waals surface area (Å²) >= 11 is 0.748. The second kappa shape index (κ2) is 11.2. The smallest absolute Gasteiger partial charge is 0.304 e. The molecule has 1 N–H and O–H groups in total. The summed E-state index contributed by atoms with van der Waals surface area (Å²) in [6.07, 6.45) is 1.64. The largest absolute Gasteiger partial charge is 0.488 e. The summed E-state index contributed by atoms with van der Waals surface area (Å²) in [6, 6.07) is 18.4. The Balaban J connectivity index is 1.45. The van der Waals surface area contributed by atoms with E-state index in [-0.39, 0.29) is 23.7 Å². The second-order valence-electron chi connectivity index (χ2n) is 9.36. The number of fused-ring (bicyclic) bond motifs is 1. The quantitative estimate of drug-likeness (QED) is 0.327. The van der Waals surface area contributed by atoms with Crippen molar-refractivity contribution in [1.29, 1.82) is 0 Å². The van der Waals surface area contributed by atoms with E-state index in [9.17, 15) is 14.7 Å². The topological polar surface area (TPSA) is 95.9 Å². The second-order valence-corrected chi connectivity index (χ2v) is 10.3. The molecule has 0 spiro atoms. The third-order valence-electron chi connectivity index (χ3n) is 6.66. The van der Waals surface area contributed by atoms with E-state index in [0.717, 1.165) is 40.4 Å². The molecule has 1 amide bonds. The van der Waals surface area contributed by atoms with Crippen molar-refractivity contribution >= 4 is 34.2 Å². The SMILES string of the molecule is CN1CCOc2cc(-c3ccccc3-c3nc(N(C)C(=O)C(CC(=O)O)Cc4ccccc4)sc3F)cnc21. The molecular formula is C29H27FN4O4S. The third-order valence-corrected chi connectivity index (χ3v) is 7.58. The molecule has 0 fully saturated rings. The van der Waals surface area contributed by atoms with Crippen LogP contribution in [0.25, 0.3) is 22.4 Å². The van der Waals surface area contributed by atoms with Gasteiger partial charge in [0.15, 0.2) is 16.7 Å². The molecule has 200 valence electrons. The predicted molar refractivity (Wildman–Crippen MR) is 149 cm³/mol. The monoisotopic (exact) mass is 546 g/mol. The molecule has 1 aliphatic rings. The summed E-state index contributed by atoms with van der Waals surface area (Å²) in [5.74, 6) is -0.932. The van der Waals surface area contributed by atoms with Crippen LogP contribution in [0.4, 0.5) is 15.3 Å². The molecule has 8 nitrogen and oxygen atoms in total. The Kier molecular flexibility index (Phi) is 7.56. The van der Waals surface area contributed by atoms with Gasteiger partial charge in [0.25, 0.3) is 0 Å². The van der Waals surface area contributed by atoms with Gasteiger partial charge >= 0.3 is 5.97 Å². The van der Waals surface area contributed by atoms with Gasteiger partial charge in [-0.1, -0.05) is 65.9 Å². The van der Waals surface area contributed by atoms with E-state index in [4.69, 9.17) is 4.74 Å². The third kappa shape index (κ3) is 5.61. The number of carbonyl (C=O) groups is 2. The fraction of sp³-hybridized carbons (Fsp3) is 0.241. The molecule has 3 heterocycles. The van der Waals surface area contributed by atoms with Gasteiger partial charge in [-0.25, -0.2) is 9.97 Å². The van der Waals surface area contributed by atoms with Crippen molar-refractivity contribution < 1.29 is 23.8 Å². The number of nitrogens with zero attached hydrogens (tertiary/aromatic N) is 4. The van der Waals surface area contributed by atoms with Crippen molar-refractivity contribution in [3.05, 3.63) is 77.6 Å². The minimum atomic E-state index is -1.08. The summed E-state index contributed by atoms with van der Waals surface area (Å²) in [4.78, 5) is 37.2. The Morgan fingerprint density at radius 1 is 1.15 bits per heavy atom. The predicted octanol–water partition coefficient (Wildman–Crippen LogP) is 5.14. The van der Waals surface area contributed by atoms with Gasteiger partial charge < -0.3 is 14.7 Å². The number of thiazole rings is 1. The lowest BCUT2D eigenvalue weighted by molar-refractivity contribution is -0.140. The summed E-state index contributed by atoms with van der Waals surface area (Å²) in [5.41, 5.74) is 2.98. The van der Waals surface area contributed by atoms with Crippen molar-refractivity contribution in [1.82, 2.24) is 9.97 Å². The number of likely N-dealkylation sites (N-methyl/N-ethyl adjacent to an activating group) is 1. The van der Waals surface area contributed by atoms with Crippen LogP contribution in [-0.4, -0.2) is 54.2 Å². The summed E-state index contributed by atoms with van der Waals surface area (Å²) in [6.45, 7) is 1.29. The zero-order valence-corrected chi connectivity index (χ0v) is 22.3. The number of aromatic nitrogens is 2. The van der Waals surface area contributed by atoms with E-state index in [2.05, 4.69) is 9.97 Å². The Hall–Kier alpha value is -4.31. The molecule has 2 aromatic carbocycles. The van der Waals surface area contributed by atoms with E-state index in [1.165, 1.54) is 11.9 Å². The van der Waals surface area contributed by atoms with Crippen LogP contribution in [0.1, 0.15) is 12.0 Å². The number of carbonyl (C=O) groups excluding carboxylic acids is 1. The maximum atomic E-state index is 15.4. The molecule has 1 atom stereocenters. The van der Waals surface area contributed by atoms with Crippen molar-refractivity contribution in [2.75, 3.05) is 37.0 Å². The van der Waals surface area contributed by atoms with Crippen molar-refractivity contribution in [3.8, 4) is 28.1 Å². The lowest BCUT2D eigenvalue weighted by Crippen LogP contribution is -2.35. The van der Waals surface area contributed by atoms with Gasteiger partial charge in [-0.15, -0.1) is 0 Å².